The predicted molar refractivity (Wildman–Crippen MR) is 60.4 cm³/mol. The van der Waals surface area contributed by atoms with Crippen LogP contribution in [0.25, 0.3) is 0 Å². The second kappa shape index (κ2) is 5.54. The van der Waals surface area contributed by atoms with Crippen molar-refractivity contribution in [3.05, 3.63) is 47.4 Å². The van der Waals surface area contributed by atoms with Gasteiger partial charge < -0.3 is 4.74 Å². The van der Waals surface area contributed by atoms with Crippen LogP contribution in [0.15, 0.2) is 30.6 Å². The molecule has 0 aliphatic carbocycles. The number of hydrogen-bond acceptors (Lipinski definition) is 4. The summed E-state index contributed by atoms with van der Waals surface area (Å²) in [6.07, 6.45) is 3.24. The minimum Gasteiger partial charge on any atom is -0.475 e. The van der Waals surface area contributed by atoms with Gasteiger partial charge in [-0.15, -0.1) is 0 Å². The molecule has 0 amide bonds. The van der Waals surface area contributed by atoms with Crippen molar-refractivity contribution in [2.45, 2.75) is 6.42 Å². The second-order valence-corrected chi connectivity index (χ2v) is 3.55. The average Bonchev–Trinajstić information content (AvgIpc) is 2.35. The Morgan fingerprint density at radius 2 is 2.18 bits per heavy atom. The first kappa shape index (κ1) is 11.7. The number of halogens is 2. The molecule has 0 fully saturated rings. The lowest BCUT2D eigenvalue weighted by Crippen LogP contribution is -2.05. The second-order valence-electron chi connectivity index (χ2n) is 3.21. The molecular formula is C11H9ClFN3O. The van der Waals surface area contributed by atoms with Gasteiger partial charge in [0, 0.05) is 18.3 Å². The van der Waals surface area contributed by atoms with E-state index in [1.165, 1.54) is 0 Å². The van der Waals surface area contributed by atoms with Crippen molar-refractivity contribution in [3.8, 4) is 5.88 Å². The third-order valence-electron chi connectivity index (χ3n) is 2.01. The summed E-state index contributed by atoms with van der Waals surface area (Å²) in [5.41, 5.74) is 0.869. The zero-order valence-corrected chi connectivity index (χ0v) is 9.56. The van der Waals surface area contributed by atoms with E-state index in [1.54, 1.807) is 6.20 Å². The van der Waals surface area contributed by atoms with Crippen LogP contribution in [-0.4, -0.2) is 21.6 Å². The highest BCUT2D eigenvalue weighted by molar-refractivity contribution is 6.28. The molecule has 88 valence electrons. The van der Waals surface area contributed by atoms with E-state index in [0.717, 1.165) is 11.9 Å². The van der Waals surface area contributed by atoms with E-state index >= 15 is 0 Å². The maximum atomic E-state index is 13.2. The van der Waals surface area contributed by atoms with Crippen molar-refractivity contribution >= 4 is 11.6 Å². The Bertz CT molecular complexity index is 495. The van der Waals surface area contributed by atoms with Gasteiger partial charge in [-0.1, -0.05) is 6.07 Å². The molecule has 0 saturated heterocycles. The number of nitrogens with zero attached hydrogens (tertiary/aromatic N) is 3. The van der Waals surface area contributed by atoms with E-state index in [1.807, 2.05) is 18.2 Å². The van der Waals surface area contributed by atoms with Crippen molar-refractivity contribution in [2.24, 2.45) is 0 Å². The molecule has 0 radical (unpaired) electrons. The summed E-state index contributed by atoms with van der Waals surface area (Å²) in [4.78, 5) is 11.3. The van der Waals surface area contributed by atoms with Gasteiger partial charge >= 0.3 is 0 Å². The molecule has 0 saturated carbocycles. The highest BCUT2D eigenvalue weighted by Crippen LogP contribution is 2.14. The number of pyridine rings is 1. The number of hydrogen-bond donors (Lipinski definition) is 0. The lowest BCUT2D eigenvalue weighted by Gasteiger charge is -2.05. The van der Waals surface area contributed by atoms with E-state index in [9.17, 15) is 4.39 Å². The van der Waals surface area contributed by atoms with E-state index in [4.69, 9.17) is 16.3 Å². The van der Waals surface area contributed by atoms with Gasteiger partial charge in [0.1, 0.15) is 0 Å². The standard InChI is InChI=1S/C11H9ClFN3O/c12-11-15-7-9(13)10(16-11)17-6-4-8-3-1-2-5-14-8/h1-3,5,7H,4,6H2. The molecule has 0 bridgehead atoms. The van der Waals surface area contributed by atoms with Crippen LogP contribution in [0.2, 0.25) is 5.28 Å². The molecule has 0 N–H and O–H groups in total. The highest BCUT2D eigenvalue weighted by Gasteiger charge is 2.07. The van der Waals surface area contributed by atoms with E-state index in [2.05, 4.69) is 15.0 Å². The Morgan fingerprint density at radius 1 is 1.29 bits per heavy atom. The van der Waals surface area contributed by atoms with Crippen LogP contribution in [0, 0.1) is 5.82 Å². The van der Waals surface area contributed by atoms with Crippen LogP contribution < -0.4 is 4.74 Å². The fraction of sp³-hybridized carbons (Fsp3) is 0.182. The van der Waals surface area contributed by atoms with Gasteiger partial charge in [-0.05, 0) is 23.7 Å². The first-order chi connectivity index (χ1) is 8.25. The number of rotatable bonds is 4. The van der Waals surface area contributed by atoms with E-state index < -0.39 is 5.82 Å². The summed E-state index contributed by atoms with van der Waals surface area (Å²) < 4.78 is 18.3. The van der Waals surface area contributed by atoms with Gasteiger partial charge in [-0.3, -0.25) is 4.98 Å². The lowest BCUT2D eigenvalue weighted by atomic mass is 10.3. The SMILES string of the molecule is Fc1cnc(Cl)nc1OCCc1ccccn1. The molecule has 2 aromatic rings. The van der Waals surface area contributed by atoms with E-state index in [0.29, 0.717) is 6.42 Å². The minimum atomic E-state index is -0.629. The largest absolute Gasteiger partial charge is 0.475 e. The van der Waals surface area contributed by atoms with Gasteiger partial charge in [0.15, 0.2) is 0 Å². The minimum absolute atomic E-state index is 0.0424. The van der Waals surface area contributed by atoms with Crippen LogP contribution in [0.5, 0.6) is 5.88 Å². The zero-order valence-electron chi connectivity index (χ0n) is 8.81. The van der Waals surface area contributed by atoms with Crippen LogP contribution in [0.3, 0.4) is 0 Å². The summed E-state index contributed by atoms with van der Waals surface area (Å²) >= 11 is 5.53. The molecule has 4 nitrogen and oxygen atoms in total. The maximum Gasteiger partial charge on any atom is 0.254 e. The van der Waals surface area contributed by atoms with Gasteiger partial charge in [0.05, 0.1) is 12.8 Å². The molecule has 2 rings (SSSR count). The highest BCUT2D eigenvalue weighted by atomic mass is 35.5. The molecule has 2 heterocycles. The van der Waals surface area contributed by atoms with Crippen molar-refractivity contribution < 1.29 is 9.13 Å². The maximum absolute atomic E-state index is 13.2. The molecule has 6 heteroatoms. The molecule has 0 aliphatic rings. The van der Waals surface area contributed by atoms with Gasteiger partial charge in [0.25, 0.3) is 5.88 Å². The fourth-order valence-electron chi connectivity index (χ4n) is 1.23. The normalized spacial score (nSPS) is 10.2. The number of ether oxygens (including phenoxy) is 1. The molecule has 0 aliphatic heterocycles. The Balaban J connectivity index is 1.92. The summed E-state index contributed by atoms with van der Waals surface area (Å²) in [6.45, 7) is 0.279. The monoisotopic (exact) mass is 253 g/mol. The first-order valence-electron chi connectivity index (χ1n) is 4.96. The zero-order chi connectivity index (χ0) is 12.1. The third kappa shape index (κ3) is 3.35. The predicted octanol–water partition coefficient (Wildman–Crippen LogP) is 2.29. The van der Waals surface area contributed by atoms with Crippen LogP contribution >= 0.6 is 11.6 Å². The molecular weight excluding hydrogens is 245 g/mol. The van der Waals surface area contributed by atoms with Gasteiger partial charge in [0.2, 0.25) is 11.1 Å². The summed E-state index contributed by atoms with van der Waals surface area (Å²) in [5, 5.41) is -0.0424. The van der Waals surface area contributed by atoms with Crippen molar-refractivity contribution in [1.29, 1.82) is 0 Å². The van der Waals surface area contributed by atoms with E-state index in [-0.39, 0.29) is 17.8 Å². The van der Waals surface area contributed by atoms with Crippen LogP contribution in [-0.2, 0) is 6.42 Å². The van der Waals surface area contributed by atoms with Gasteiger partial charge in [-0.2, -0.15) is 9.37 Å². The van der Waals surface area contributed by atoms with Crippen LogP contribution in [0.4, 0.5) is 4.39 Å². The molecule has 17 heavy (non-hydrogen) atoms. The Labute approximate surface area is 102 Å². The Morgan fingerprint density at radius 3 is 2.94 bits per heavy atom. The molecule has 0 unspecified atom stereocenters. The van der Waals surface area contributed by atoms with Crippen LogP contribution in [0.1, 0.15) is 5.69 Å². The quantitative estimate of drug-likeness (QED) is 0.785. The van der Waals surface area contributed by atoms with Crippen molar-refractivity contribution in [1.82, 2.24) is 15.0 Å². The third-order valence-corrected chi connectivity index (χ3v) is 2.19. The molecule has 0 atom stereocenters. The average molecular weight is 254 g/mol. The fourth-order valence-corrected chi connectivity index (χ4v) is 1.36. The summed E-state index contributed by atoms with van der Waals surface area (Å²) in [7, 11) is 0. The number of aromatic nitrogens is 3. The van der Waals surface area contributed by atoms with Crippen molar-refractivity contribution in [2.75, 3.05) is 6.61 Å². The van der Waals surface area contributed by atoms with Crippen molar-refractivity contribution in [3.63, 3.8) is 0 Å². The Hall–Kier alpha value is -1.75. The molecule has 0 aromatic carbocycles. The Kier molecular flexibility index (Phi) is 3.82. The first-order valence-corrected chi connectivity index (χ1v) is 5.34. The summed E-state index contributed by atoms with van der Waals surface area (Å²) in [5.74, 6) is -0.767. The molecule has 2 aromatic heterocycles. The smallest absolute Gasteiger partial charge is 0.254 e. The molecule has 0 spiro atoms. The summed E-state index contributed by atoms with van der Waals surface area (Å²) in [6, 6.07) is 5.57. The topological polar surface area (TPSA) is 47.9 Å². The lowest BCUT2D eigenvalue weighted by molar-refractivity contribution is 0.290. The van der Waals surface area contributed by atoms with Gasteiger partial charge in [-0.25, -0.2) is 4.98 Å².